The van der Waals surface area contributed by atoms with Gasteiger partial charge in [-0.2, -0.15) is 10.2 Å². The van der Waals surface area contributed by atoms with Crippen LogP contribution < -0.4 is 0 Å². The van der Waals surface area contributed by atoms with Crippen LogP contribution in [0.2, 0.25) is 0 Å². The summed E-state index contributed by atoms with van der Waals surface area (Å²) in [6, 6.07) is 0.977. The van der Waals surface area contributed by atoms with E-state index in [-0.39, 0.29) is 23.3 Å². The second-order valence-corrected chi connectivity index (χ2v) is 7.85. The smallest absolute Gasteiger partial charge is 0.282 e. The van der Waals surface area contributed by atoms with Crippen molar-refractivity contribution >= 4 is 5.91 Å². The fraction of sp³-hybridized carbons (Fsp3) is 0.667. The second-order valence-electron chi connectivity index (χ2n) is 7.85. The number of aryl methyl sites for hydroxylation is 1. The quantitative estimate of drug-likeness (QED) is 0.802. The zero-order valence-corrected chi connectivity index (χ0v) is 15.8. The number of hydrogen-bond acceptors (Lipinski definition) is 4. The lowest BCUT2D eigenvalue weighted by atomic mass is 10.00. The first-order valence-electron chi connectivity index (χ1n) is 9.42. The third-order valence-electron chi connectivity index (χ3n) is 5.18. The third kappa shape index (κ3) is 3.35. The van der Waals surface area contributed by atoms with Crippen LogP contribution in [0.1, 0.15) is 79.3 Å². The van der Waals surface area contributed by atoms with Gasteiger partial charge in [-0.15, -0.1) is 0 Å². The highest BCUT2D eigenvalue weighted by atomic mass is 19.3. The van der Waals surface area contributed by atoms with Crippen LogP contribution in [0.25, 0.3) is 0 Å². The number of fused-ring (bicyclic) bond motifs is 1. The number of amides is 1. The summed E-state index contributed by atoms with van der Waals surface area (Å²) >= 11 is 0. The zero-order valence-electron chi connectivity index (χ0n) is 15.8. The first-order valence-corrected chi connectivity index (χ1v) is 9.42. The van der Waals surface area contributed by atoms with Crippen molar-refractivity contribution in [3.63, 3.8) is 0 Å². The number of aromatic nitrogens is 5. The van der Waals surface area contributed by atoms with Gasteiger partial charge in [0.1, 0.15) is 17.2 Å². The van der Waals surface area contributed by atoms with E-state index in [1.165, 1.54) is 17.8 Å². The van der Waals surface area contributed by atoms with Gasteiger partial charge in [-0.1, -0.05) is 13.8 Å². The van der Waals surface area contributed by atoms with Crippen molar-refractivity contribution in [2.75, 3.05) is 6.54 Å². The standard InChI is InChI=1S/C18H24F2N6O/c1-10(2)8-13-17-21-16(11-4-5-11)23-26(17)7-6-25(13)18(27)14-9-12(15(19)20)22-24(14)3/h9-11,13,15H,4-8H2,1-3H3/t13-/m0/s1. The summed E-state index contributed by atoms with van der Waals surface area (Å²) in [5.41, 5.74) is -0.202. The molecule has 27 heavy (non-hydrogen) atoms. The molecule has 1 atom stereocenters. The summed E-state index contributed by atoms with van der Waals surface area (Å²) in [6.07, 6.45) is 0.280. The Labute approximate surface area is 156 Å². The van der Waals surface area contributed by atoms with Crippen molar-refractivity contribution < 1.29 is 13.6 Å². The number of carbonyl (C=O) groups is 1. The minimum atomic E-state index is -2.70. The molecular formula is C18H24F2N6O. The maximum atomic E-state index is 13.2. The Morgan fingerprint density at radius 3 is 2.59 bits per heavy atom. The maximum absolute atomic E-state index is 13.2. The van der Waals surface area contributed by atoms with Gasteiger partial charge >= 0.3 is 0 Å². The van der Waals surface area contributed by atoms with E-state index >= 15 is 0 Å². The average Bonchev–Trinajstić information content (AvgIpc) is 3.24. The number of rotatable bonds is 5. The molecule has 0 unspecified atom stereocenters. The van der Waals surface area contributed by atoms with E-state index in [9.17, 15) is 13.6 Å². The highest BCUT2D eigenvalue weighted by Crippen LogP contribution is 2.40. The van der Waals surface area contributed by atoms with E-state index in [4.69, 9.17) is 4.98 Å². The first-order chi connectivity index (χ1) is 12.8. The molecule has 3 heterocycles. The molecule has 0 bridgehead atoms. The second kappa shape index (κ2) is 6.69. The van der Waals surface area contributed by atoms with Crippen LogP contribution in [0.3, 0.4) is 0 Å². The first kappa shape index (κ1) is 18.1. The van der Waals surface area contributed by atoms with Gasteiger partial charge in [0.05, 0.1) is 12.6 Å². The van der Waals surface area contributed by atoms with Gasteiger partial charge in [0, 0.05) is 19.5 Å². The van der Waals surface area contributed by atoms with Crippen molar-refractivity contribution in [1.82, 2.24) is 29.4 Å². The summed E-state index contributed by atoms with van der Waals surface area (Å²) in [7, 11) is 1.52. The van der Waals surface area contributed by atoms with E-state index in [0.29, 0.717) is 24.9 Å². The van der Waals surface area contributed by atoms with Gasteiger partial charge in [0.25, 0.3) is 12.3 Å². The van der Waals surface area contributed by atoms with Crippen molar-refractivity contribution in [1.29, 1.82) is 0 Å². The molecule has 146 valence electrons. The summed E-state index contributed by atoms with van der Waals surface area (Å²) < 4.78 is 29.1. The van der Waals surface area contributed by atoms with Crippen LogP contribution in [0.15, 0.2) is 6.07 Å². The fourth-order valence-corrected chi connectivity index (χ4v) is 3.66. The molecule has 0 N–H and O–H groups in total. The molecule has 7 nitrogen and oxygen atoms in total. The lowest BCUT2D eigenvalue weighted by Gasteiger charge is -2.36. The third-order valence-corrected chi connectivity index (χ3v) is 5.18. The van der Waals surface area contributed by atoms with Crippen LogP contribution in [-0.4, -0.2) is 41.9 Å². The molecule has 2 aromatic rings. The van der Waals surface area contributed by atoms with E-state index in [1.54, 1.807) is 4.90 Å². The summed E-state index contributed by atoms with van der Waals surface area (Å²) in [6.45, 7) is 5.23. The minimum absolute atomic E-state index is 0.175. The molecule has 0 aromatic carbocycles. The van der Waals surface area contributed by atoms with Gasteiger partial charge < -0.3 is 4.90 Å². The van der Waals surface area contributed by atoms with Gasteiger partial charge in [-0.3, -0.25) is 9.48 Å². The van der Waals surface area contributed by atoms with Gasteiger partial charge in [0.2, 0.25) is 0 Å². The lowest BCUT2D eigenvalue weighted by molar-refractivity contribution is 0.0567. The van der Waals surface area contributed by atoms with E-state index in [2.05, 4.69) is 24.0 Å². The molecule has 9 heteroatoms. The van der Waals surface area contributed by atoms with E-state index < -0.39 is 6.43 Å². The van der Waals surface area contributed by atoms with Crippen molar-refractivity contribution in [3.05, 3.63) is 29.1 Å². The molecule has 0 saturated heterocycles. The molecule has 4 rings (SSSR count). The van der Waals surface area contributed by atoms with Gasteiger partial charge in [0.15, 0.2) is 5.82 Å². The Bertz CT molecular complexity index is 854. The Kier molecular flexibility index (Phi) is 4.47. The Hall–Kier alpha value is -2.32. The molecule has 1 amide bonds. The number of halogens is 2. The van der Waals surface area contributed by atoms with Crippen LogP contribution in [0.4, 0.5) is 8.78 Å². The molecule has 1 fully saturated rings. The topological polar surface area (TPSA) is 68.8 Å². The van der Waals surface area contributed by atoms with E-state index in [1.807, 2.05) is 4.68 Å². The molecule has 1 saturated carbocycles. The SMILES string of the molecule is CC(C)C[C@H]1c2nc(C3CC3)nn2CCN1C(=O)c1cc(C(F)F)nn1C. The molecule has 2 aliphatic rings. The molecule has 0 radical (unpaired) electrons. The van der Waals surface area contributed by atoms with Crippen LogP contribution in [0, 0.1) is 5.92 Å². The highest BCUT2D eigenvalue weighted by Gasteiger charge is 2.38. The number of nitrogens with zero attached hydrogens (tertiary/aromatic N) is 6. The molecule has 1 aliphatic heterocycles. The summed E-state index contributed by atoms with van der Waals surface area (Å²) in [5, 5.41) is 8.41. The molecular weight excluding hydrogens is 354 g/mol. The zero-order chi connectivity index (χ0) is 19.3. The predicted octanol–water partition coefficient (Wildman–Crippen LogP) is 3.07. The monoisotopic (exact) mass is 378 g/mol. The number of alkyl halides is 2. The van der Waals surface area contributed by atoms with Crippen molar-refractivity contribution in [2.24, 2.45) is 13.0 Å². The van der Waals surface area contributed by atoms with Gasteiger partial charge in [-0.25, -0.2) is 18.4 Å². The Morgan fingerprint density at radius 2 is 2.00 bits per heavy atom. The van der Waals surface area contributed by atoms with Crippen LogP contribution in [0.5, 0.6) is 0 Å². The Morgan fingerprint density at radius 1 is 1.26 bits per heavy atom. The summed E-state index contributed by atoms with van der Waals surface area (Å²) in [4.78, 5) is 19.7. The minimum Gasteiger partial charge on any atom is -0.325 e. The van der Waals surface area contributed by atoms with Crippen LogP contribution >= 0.6 is 0 Å². The average molecular weight is 378 g/mol. The number of carbonyl (C=O) groups excluding carboxylic acids is 1. The highest BCUT2D eigenvalue weighted by molar-refractivity contribution is 5.93. The van der Waals surface area contributed by atoms with Crippen molar-refractivity contribution in [2.45, 2.75) is 58.0 Å². The summed E-state index contributed by atoms with van der Waals surface area (Å²) in [5.74, 6) is 2.18. The van der Waals surface area contributed by atoms with Gasteiger partial charge in [-0.05, 0) is 31.2 Å². The fourth-order valence-electron chi connectivity index (χ4n) is 3.66. The Balaban J connectivity index is 1.67. The normalized spacial score (nSPS) is 19.8. The predicted molar refractivity (Wildman–Crippen MR) is 93.4 cm³/mol. The largest absolute Gasteiger partial charge is 0.325 e. The molecule has 0 spiro atoms. The molecule has 2 aromatic heterocycles. The maximum Gasteiger partial charge on any atom is 0.282 e. The lowest BCUT2D eigenvalue weighted by Crippen LogP contribution is -2.43. The molecule has 1 aliphatic carbocycles. The van der Waals surface area contributed by atoms with E-state index in [0.717, 1.165) is 30.9 Å². The van der Waals surface area contributed by atoms with Crippen LogP contribution in [-0.2, 0) is 13.6 Å². The van der Waals surface area contributed by atoms with Crippen molar-refractivity contribution in [3.8, 4) is 0 Å². The number of hydrogen-bond donors (Lipinski definition) is 0.